The van der Waals surface area contributed by atoms with Crippen LogP contribution in [0.2, 0.25) is 0 Å². The zero-order valence-corrected chi connectivity index (χ0v) is 14.5. The van der Waals surface area contributed by atoms with Crippen molar-refractivity contribution in [2.75, 3.05) is 12.4 Å². The maximum atomic E-state index is 11.9. The second kappa shape index (κ2) is 6.30. The van der Waals surface area contributed by atoms with Crippen LogP contribution in [-0.2, 0) is 9.84 Å². The van der Waals surface area contributed by atoms with Gasteiger partial charge in [-0.05, 0) is 61.6 Å². The number of carbonyl (C=O) groups is 1. The molecule has 0 fully saturated rings. The Morgan fingerprint density at radius 1 is 1.35 bits per heavy atom. The van der Waals surface area contributed by atoms with E-state index in [-0.39, 0.29) is 23.7 Å². The van der Waals surface area contributed by atoms with Crippen molar-refractivity contribution in [2.24, 2.45) is 0 Å². The Morgan fingerprint density at radius 2 is 1.95 bits per heavy atom. The van der Waals surface area contributed by atoms with E-state index in [0.29, 0.717) is 0 Å². The molecule has 0 heterocycles. The van der Waals surface area contributed by atoms with E-state index in [4.69, 9.17) is 9.84 Å². The summed E-state index contributed by atoms with van der Waals surface area (Å²) in [5.41, 5.74) is 0.0325. The summed E-state index contributed by atoms with van der Waals surface area (Å²) in [6.45, 7) is 4.79. The van der Waals surface area contributed by atoms with Crippen LogP contribution in [-0.4, -0.2) is 36.6 Å². The number of halogens is 1. The van der Waals surface area contributed by atoms with E-state index in [0.717, 1.165) is 3.57 Å². The highest BCUT2D eigenvalue weighted by molar-refractivity contribution is 14.1. The molecule has 0 radical (unpaired) electrons. The molecule has 0 aliphatic carbocycles. The van der Waals surface area contributed by atoms with Crippen molar-refractivity contribution in [3.05, 3.63) is 27.3 Å². The third-order valence-corrected chi connectivity index (χ3v) is 5.96. The number of benzene rings is 1. The summed E-state index contributed by atoms with van der Waals surface area (Å²) in [6.07, 6.45) is 0. The minimum Gasteiger partial charge on any atom is -0.492 e. The molecule has 0 amide bonds. The molecule has 0 spiro atoms. The van der Waals surface area contributed by atoms with Crippen LogP contribution in [0.1, 0.15) is 31.1 Å². The maximum absolute atomic E-state index is 11.9. The third kappa shape index (κ3) is 4.34. The molecule has 1 aromatic carbocycles. The molecular weight excluding hydrogens is 395 g/mol. The molecule has 0 aromatic heterocycles. The second-order valence-electron chi connectivity index (χ2n) is 5.23. The van der Waals surface area contributed by atoms with Crippen molar-refractivity contribution in [1.29, 1.82) is 0 Å². The summed E-state index contributed by atoms with van der Waals surface area (Å²) in [5.74, 6) is -1.07. The standard InChI is InChI=1S/C13H17IO5S/c1-13(2,3)20(17,18)7-6-19-11-5-4-9(14)8-10(11)12(15)16/h4-5,8H,6-7H2,1-3H3,(H,15,16). The van der Waals surface area contributed by atoms with Crippen molar-refractivity contribution in [3.8, 4) is 5.75 Å². The molecule has 112 valence electrons. The zero-order valence-electron chi connectivity index (χ0n) is 11.5. The maximum Gasteiger partial charge on any atom is 0.339 e. The van der Waals surface area contributed by atoms with Crippen molar-refractivity contribution < 1.29 is 23.1 Å². The molecule has 0 atom stereocenters. The molecule has 1 rings (SSSR count). The van der Waals surface area contributed by atoms with Crippen LogP contribution < -0.4 is 4.74 Å². The number of sulfone groups is 1. The van der Waals surface area contributed by atoms with Crippen LogP contribution in [0.15, 0.2) is 18.2 Å². The van der Waals surface area contributed by atoms with Crippen molar-refractivity contribution in [1.82, 2.24) is 0 Å². The van der Waals surface area contributed by atoms with Crippen LogP contribution in [0, 0.1) is 3.57 Å². The summed E-state index contributed by atoms with van der Waals surface area (Å²) >= 11 is 2.00. The van der Waals surface area contributed by atoms with Crippen LogP contribution >= 0.6 is 22.6 Å². The average molecular weight is 412 g/mol. The Labute approximate surface area is 132 Å². The van der Waals surface area contributed by atoms with E-state index >= 15 is 0 Å². The highest BCUT2D eigenvalue weighted by Gasteiger charge is 2.28. The number of carboxylic acid groups (broad SMARTS) is 1. The first-order chi connectivity index (χ1) is 9.04. The fourth-order valence-electron chi connectivity index (χ4n) is 1.36. The lowest BCUT2D eigenvalue weighted by atomic mass is 10.2. The Bertz CT molecular complexity index is 602. The van der Waals surface area contributed by atoms with Gasteiger partial charge in [-0.25, -0.2) is 13.2 Å². The van der Waals surface area contributed by atoms with E-state index < -0.39 is 20.6 Å². The summed E-state index contributed by atoms with van der Waals surface area (Å²) < 4.78 is 29.1. The molecule has 0 bridgehead atoms. The summed E-state index contributed by atoms with van der Waals surface area (Å²) in [6, 6.07) is 4.73. The first-order valence-electron chi connectivity index (χ1n) is 5.92. The van der Waals surface area contributed by atoms with E-state index in [9.17, 15) is 13.2 Å². The molecule has 7 heteroatoms. The van der Waals surface area contributed by atoms with Gasteiger partial charge in [0.1, 0.15) is 17.9 Å². The Morgan fingerprint density at radius 3 is 2.45 bits per heavy atom. The van der Waals surface area contributed by atoms with Crippen molar-refractivity contribution in [2.45, 2.75) is 25.5 Å². The van der Waals surface area contributed by atoms with Crippen molar-refractivity contribution >= 4 is 38.4 Å². The average Bonchev–Trinajstić information content (AvgIpc) is 2.29. The lowest BCUT2D eigenvalue weighted by molar-refractivity contribution is 0.0692. The van der Waals surface area contributed by atoms with Gasteiger partial charge in [0.2, 0.25) is 0 Å². The van der Waals surface area contributed by atoms with Gasteiger partial charge in [-0.1, -0.05) is 0 Å². The number of carboxylic acids is 1. The van der Waals surface area contributed by atoms with Gasteiger partial charge < -0.3 is 9.84 Å². The Hall–Kier alpha value is -0.830. The number of rotatable bonds is 5. The Balaban J connectivity index is 2.80. The van der Waals surface area contributed by atoms with Gasteiger partial charge >= 0.3 is 5.97 Å². The summed E-state index contributed by atoms with van der Waals surface area (Å²) in [4.78, 5) is 11.1. The van der Waals surface area contributed by atoms with Gasteiger partial charge in [0.15, 0.2) is 9.84 Å². The third-order valence-electron chi connectivity index (χ3n) is 2.71. The first kappa shape index (κ1) is 17.2. The molecule has 1 aromatic rings. The van der Waals surface area contributed by atoms with Gasteiger partial charge in [-0.2, -0.15) is 0 Å². The molecule has 0 saturated carbocycles. The number of ether oxygens (including phenoxy) is 1. The molecule has 0 aliphatic heterocycles. The van der Waals surface area contributed by atoms with Crippen LogP contribution in [0.4, 0.5) is 0 Å². The molecule has 5 nitrogen and oxygen atoms in total. The molecule has 0 saturated heterocycles. The number of hydrogen-bond donors (Lipinski definition) is 1. The van der Waals surface area contributed by atoms with Crippen LogP contribution in [0.25, 0.3) is 0 Å². The topological polar surface area (TPSA) is 80.7 Å². The summed E-state index contributed by atoms with van der Waals surface area (Å²) in [5, 5.41) is 9.08. The van der Waals surface area contributed by atoms with E-state index in [1.807, 2.05) is 22.6 Å². The predicted molar refractivity (Wildman–Crippen MR) is 85.2 cm³/mol. The van der Waals surface area contributed by atoms with Crippen LogP contribution in [0.5, 0.6) is 5.75 Å². The van der Waals surface area contributed by atoms with Gasteiger partial charge in [-0.3, -0.25) is 0 Å². The molecule has 1 N–H and O–H groups in total. The predicted octanol–water partition coefficient (Wildman–Crippen LogP) is 2.58. The fourth-order valence-corrected chi connectivity index (χ4v) is 2.77. The number of hydrogen-bond acceptors (Lipinski definition) is 4. The minimum atomic E-state index is -3.28. The molecule has 0 unspecified atom stereocenters. The van der Waals surface area contributed by atoms with Gasteiger partial charge in [0.05, 0.1) is 10.5 Å². The molecule has 0 aliphatic rings. The molecule has 20 heavy (non-hydrogen) atoms. The lowest BCUT2D eigenvalue weighted by Gasteiger charge is -2.19. The smallest absolute Gasteiger partial charge is 0.339 e. The second-order valence-corrected chi connectivity index (χ2v) is 9.33. The fraction of sp³-hybridized carbons (Fsp3) is 0.462. The highest BCUT2D eigenvalue weighted by Crippen LogP contribution is 2.22. The van der Waals surface area contributed by atoms with Gasteiger partial charge in [0.25, 0.3) is 0 Å². The minimum absolute atomic E-state index is 0.0325. The normalized spacial score (nSPS) is 12.2. The van der Waals surface area contributed by atoms with Crippen LogP contribution in [0.3, 0.4) is 0 Å². The quantitative estimate of drug-likeness (QED) is 0.753. The number of aromatic carboxylic acids is 1. The van der Waals surface area contributed by atoms with E-state index in [1.54, 1.807) is 26.8 Å². The van der Waals surface area contributed by atoms with Gasteiger partial charge in [-0.15, -0.1) is 0 Å². The first-order valence-corrected chi connectivity index (χ1v) is 8.65. The van der Waals surface area contributed by atoms with E-state index in [2.05, 4.69) is 0 Å². The zero-order chi connectivity index (χ0) is 15.6. The SMILES string of the molecule is CC(C)(C)S(=O)(=O)CCOc1ccc(I)cc1C(=O)O. The van der Waals surface area contributed by atoms with E-state index in [1.165, 1.54) is 12.1 Å². The monoisotopic (exact) mass is 412 g/mol. The largest absolute Gasteiger partial charge is 0.492 e. The van der Waals surface area contributed by atoms with Crippen molar-refractivity contribution in [3.63, 3.8) is 0 Å². The lowest BCUT2D eigenvalue weighted by Crippen LogP contribution is -2.32. The highest BCUT2D eigenvalue weighted by atomic mass is 127. The van der Waals surface area contributed by atoms with Gasteiger partial charge in [0, 0.05) is 3.57 Å². The summed E-state index contributed by atoms with van der Waals surface area (Å²) in [7, 11) is -3.28. The molecular formula is C13H17IO5S. The Kier molecular flexibility index (Phi) is 5.42.